The Morgan fingerprint density at radius 2 is 2.29 bits per heavy atom. The molecule has 0 spiro atoms. The fourth-order valence-electron chi connectivity index (χ4n) is 1.58. The van der Waals surface area contributed by atoms with Crippen molar-refractivity contribution in [3.05, 3.63) is 42.0 Å². The van der Waals surface area contributed by atoms with Crippen LogP contribution in [0, 0.1) is 6.92 Å². The summed E-state index contributed by atoms with van der Waals surface area (Å²) in [4.78, 5) is 14.6. The Bertz CT molecular complexity index is 534. The van der Waals surface area contributed by atoms with Gasteiger partial charge < -0.3 is 5.11 Å². The second kappa shape index (κ2) is 4.78. The second-order valence-electron chi connectivity index (χ2n) is 3.80. The number of nitrogens with zero attached hydrogens (tertiary/aromatic N) is 3. The number of aryl methyl sites for hydroxylation is 2. The smallest absolute Gasteiger partial charge is 0.303 e. The summed E-state index contributed by atoms with van der Waals surface area (Å²) in [6.07, 6.45) is 2.31. The van der Waals surface area contributed by atoms with Crippen LogP contribution >= 0.6 is 0 Å². The van der Waals surface area contributed by atoms with E-state index >= 15 is 0 Å². The number of carboxylic acids is 1. The summed E-state index contributed by atoms with van der Waals surface area (Å²) in [5, 5.41) is 12.8. The summed E-state index contributed by atoms with van der Waals surface area (Å²) in [6.45, 7) is 1.82. The molecule has 0 unspecified atom stereocenters. The summed E-state index contributed by atoms with van der Waals surface area (Å²) >= 11 is 0. The zero-order valence-corrected chi connectivity index (χ0v) is 9.50. The van der Waals surface area contributed by atoms with Crippen molar-refractivity contribution in [2.45, 2.75) is 19.8 Å². The zero-order valence-electron chi connectivity index (χ0n) is 9.50. The number of carbonyl (C=O) groups is 1. The van der Waals surface area contributed by atoms with Crippen molar-refractivity contribution in [1.82, 2.24) is 14.8 Å². The molecule has 1 heterocycles. The maximum Gasteiger partial charge on any atom is 0.303 e. The van der Waals surface area contributed by atoms with E-state index in [1.165, 1.54) is 0 Å². The van der Waals surface area contributed by atoms with Crippen molar-refractivity contribution in [3.8, 4) is 5.69 Å². The van der Waals surface area contributed by atoms with Gasteiger partial charge in [0.15, 0.2) is 0 Å². The number of hydrogen-bond acceptors (Lipinski definition) is 3. The SMILES string of the molecule is Cc1ncn(-c2cccc(CCC(=O)O)c2)n1. The van der Waals surface area contributed by atoms with Crippen LogP contribution in [-0.4, -0.2) is 25.8 Å². The molecule has 2 rings (SSSR count). The Labute approximate surface area is 98.7 Å². The van der Waals surface area contributed by atoms with Gasteiger partial charge in [0.05, 0.1) is 5.69 Å². The molecule has 17 heavy (non-hydrogen) atoms. The standard InChI is InChI=1S/C12H13N3O2/c1-9-13-8-15(14-9)11-4-2-3-10(7-11)5-6-12(16)17/h2-4,7-8H,5-6H2,1H3,(H,16,17). The molecule has 0 saturated carbocycles. The molecule has 0 radical (unpaired) electrons. The molecule has 1 aromatic carbocycles. The first-order chi connectivity index (χ1) is 8.15. The summed E-state index contributed by atoms with van der Waals surface area (Å²) in [5.41, 5.74) is 1.88. The van der Waals surface area contributed by atoms with Crippen LogP contribution in [0.15, 0.2) is 30.6 Å². The molecule has 88 valence electrons. The van der Waals surface area contributed by atoms with Crippen molar-refractivity contribution in [2.24, 2.45) is 0 Å². The lowest BCUT2D eigenvalue weighted by Crippen LogP contribution is -1.99. The van der Waals surface area contributed by atoms with E-state index < -0.39 is 5.97 Å². The molecule has 0 bridgehead atoms. The summed E-state index contributed by atoms with van der Waals surface area (Å²) in [7, 11) is 0. The third-order valence-electron chi connectivity index (χ3n) is 2.41. The number of carboxylic acid groups (broad SMARTS) is 1. The first-order valence-corrected chi connectivity index (χ1v) is 5.34. The quantitative estimate of drug-likeness (QED) is 0.867. The molecular formula is C12H13N3O2. The van der Waals surface area contributed by atoms with Gasteiger partial charge in [-0.3, -0.25) is 4.79 Å². The molecule has 0 aliphatic rings. The van der Waals surface area contributed by atoms with Gasteiger partial charge in [0.2, 0.25) is 0 Å². The minimum absolute atomic E-state index is 0.139. The van der Waals surface area contributed by atoms with Gasteiger partial charge in [0, 0.05) is 6.42 Å². The number of benzene rings is 1. The van der Waals surface area contributed by atoms with E-state index in [9.17, 15) is 4.79 Å². The van der Waals surface area contributed by atoms with Gasteiger partial charge in [-0.1, -0.05) is 12.1 Å². The number of aromatic nitrogens is 3. The highest BCUT2D eigenvalue weighted by Gasteiger charge is 2.02. The van der Waals surface area contributed by atoms with Gasteiger partial charge in [-0.25, -0.2) is 9.67 Å². The predicted molar refractivity (Wildman–Crippen MR) is 62.1 cm³/mol. The van der Waals surface area contributed by atoms with Crippen LogP contribution in [0.4, 0.5) is 0 Å². The van der Waals surface area contributed by atoms with Crippen molar-refractivity contribution in [2.75, 3.05) is 0 Å². The van der Waals surface area contributed by atoms with Gasteiger partial charge in [0.25, 0.3) is 0 Å². The van der Waals surface area contributed by atoms with Gasteiger partial charge in [-0.15, -0.1) is 0 Å². The Morgan fingerprint density at radius 1 is 1.47 bits per heavy atom. The van der Waals surface area contributed by atoms with Crippen LogP contribution in [-0.2, 0) is 11.2 Å². The molecule has 2 aromatic rings. The highest BCUT2D eigenvalue weighted by atomic mass is 16.4. The maximum absolute atomic E-state index is 10.5. The lowest BCUT2D eigenvalue weighted by atomic mass is 10.1. The summed E-state index contributed by atoms with van der Waals surface area (Å²) < 4.78 is 1.68. The fraction of sp³-hybridized carbons (Fsp3) is 0.250. The number of hydrogen-bond donors (Lipinski definition) is 1. The average molecular weight is 231 g/mol. The Kier molecular flexibility index (Phi) is 3.18. The fourth-order valence-corrected chi connectivity index (χ4v) is 1.58. The molecule has 0 aliphatic carbocycles. The van der Waals surface area contributed by atoms with Crippen LogP contribution in [0.2, 0.25) is 0 Å². The Hall–Kier alpha value is -2.17. The largest absolute Gasteiger partial charge is 0.481 e. The number of rotatable bonds is 4. The van der Waals surface area contributed by atoms with Crippen LogP contribution < -0.4 is 0 Å². The van der Waals surface area contributed by atoms with E-state index in [4.69, 9.17) is 5.11 Å². The molecule has 0 amide bonds. The van der Waals surface area contributed by atoms with Crippen LogP contribution in [0.3, 0.4) is 0 Å². The molecule has 0 fully saturated rings. The third kappa shape index (κ3) is 2.90. The van der Waals surface area contributed by atoms with E-state index in [0.29, 0.717) is 12.2 Å². The average Bonchev–Trinajstić information content (AvgIpc) is 2.74. The van der Waals surface area contributed by atoms with Crippen molar-refractivity contribution < 1.29 is 9.90 Å². The van der Waals surface area contributed by atoms with E-state index in [2.05, 4.69) is 10.1 Å². The van der Waals surface area contributed by atoms with Crippen LogP contribution in [0.5, 0.6) is 0 Å². The van der Waals surface area contributed by atoms with Gasteiger partial charge in [0.1, 0.15) is 12.2 Å². The predicted octanol–water partition coefficient (Wildman–Crippen LogP) is 1.59. The van der Waals surface area contributed by atoms with E-state index in [0.717, 1.165) is 11.3 Å². The molecular weight excluding hydrogens is 218 g/mol. The molecule has 5 nitrogen and oxygen atoms in total. The minimum atomic E-state index is -0.785. The minimum Gasteiger partial charge on any atom is -0.481 e. The third-order valence-corrected chi connectivity index (χ3v) is 2.41. The summed E-state index contributed by atoms with van der Waals surface area (Å²) in [6, 6.07) is 7.65. The summed E-state index contributed by atoms with van der Waals surface area (Å²) in [5.74, 6) is -0.0760. The molecule has 1 N–H and O–H groups in total. The molecule has 0 aliphatic heterocycles. The lowest BCUT2D eigenvalue weighted by Gasteiger charge is -2.03. The van der Waals surface area contributed by atoms with E-state index in [1.54, 1.807) is 11.0 Å². The Balaban J connectivity index is 2.19. The normalized spacial score (nSPS) is 10.4. The second-order valence-corrected chi connectivity index (χ2v) is 3.80. The lowest BCUT2D eigenvalue weighted by molar-refractivity contribution is -0.136. The van der Waals surface area contributed by atoms with Crippen molar-refractivity contribution in [1.29, 1.82) is 0 Å². The van der Waals surface area contributed by atoms with E-state index in [1.807, 2.05) is 31.2 Å². The molecule has 0 saturated heterocycles. The zero-order chi connectivity index (χ0) is 12.3. The van der Waals surface area contributed by atoms with Gasteiger partial charge in [-0.2, -0.15) is 5.10 Å². The Morgan fingerprint density at radius 3 is 2.94 bits per heavy atom. The topological polar surface area (TPSA) is 68.0 Å². The molecule has 0 atom stereocenters. The van der Waals surface area contributed by atoms with Crippen molar-refractivity contribution >= 4 is 5.97 Å². The first kappa shape index (κ1) is 11.3. The van der Waals surface area contributed by atoms with Gasteiger partial charge in [-0.05, 0) is 31.0 Å². The maximum atomic E-state index is 10.5. The van der Waals surface area contributed by atoms with Crippen molar-refractivity contribution in [3.63, 3.8) is 0 Å². The highest BCUT2D eigenvalue weighted by molar-refractivity contribution is 5.67. The monoisotopic (exact) mass is 231 g/mol. The molecule has 5 heteroatoms. The first-order valence-electron chi connectivity index (χ1n) is 5.34. The van der Waals surface area contributed by atoms with Gasteiger partial charge >= 0.3 is 5.97 Å². The van der Waals surface area contributed by atoms with Crippen LogP contribution in [0.1, 0.15) is 17.8 Å². The van der Waals surface area contributed by atoms with E-state index in [-0.39, 0.29) is 6.42 Å². The van der Waals surface area contributed by atoms with Crippen LogP contribution in [0.25, 0.3) is 5.69 Å². The highest BCUT2D eigenvalue weighted by Crippen LogP contribution is 2.11. The molecule has 1 aromatic heterocycles. The number of aliphatic carboxylic acids is 1.